The number of ether oxygens (including phenoxy) is 1. The molecule has 4 N–H and O–H groups in total. The Labute approximate surface area is 192 Å². The SMILES string of the molecule is CC(C)(COc1noc(C(=O)N[C@H]2C3CC4CC2C[C@](O)(C4)C3)c1SC1CCC1)C(N)=O. The molecule has 6 rings (SSSR count). The molecule has 9 heteroatoms. The molecule has 176 valence electrons. The molecular weight excluding hydrogens is 430 g/mol. The van der Waals surface area contributed by atoms with E-state index in [4.69, 9.17) is 15.0 Å². The third-order valence-corrected chi connectivity index (χ3v) is 9.34. The van der Waals surface area contributed by atoms with Gasteiger partial charge in [-0.25, -0.2) is 0 Å². The molecule has 5 saturated carbocycles. The number of hydrogen-bond acceptors (Lipinski definition) is 7. The van der Waals surface area contributed by atoms with Gasteiger partial charge in [0.1, 0.15) is 11.5 Å². The Morgan fingerprint density at radius 3 is 2.53 bits per heavy atom. The Bertz CT molecular complexity index is 895. The average Bonchev–Trinajstić information content (AvgIpc) is 3.07. The fraction of sp³-hybridized carbons (Fsp3) is 0.783. The minimum absolute atomic E-state index is 0.0564. The molecule has 0 aromatic carbocycles. The lowest BCUT2D eigenvalue weighted by atomic mass is 9.52. The Morgan fingerprint density at radius 2 is 1.97 bits per heavy atom. The molecule has 0 radical (unpaired) electrons. The number of nitrogens with one attached hydrogen (secondary N) is 1. The molecule has 2 unspecified atom stereocenters. The van der Waals surface area contributed by atoms with Crippen molar-refractivity contribution in [2.45, 2.75) is 87.0 Å². The van der Waals surface area contributed by atoms with Crippen molar-refractivity contribution in [2.75, 3.05) is 6.61 Å². The quantitative estimate of drug-likeness (QED) is 0.541. The average molecular weight is 464 g/mol. The number of primary amides is 1. The number of amides is 2. The fourth-order valence-electron chi connectivity index (χ4n) is 6.02. The lowest BCUT2D eigenvalue weighted by molar-refractivity contribution is -0.137. The Morgan fingerprint density at radius 1 is 1.28 bits per heavy atom. The fourth-order valence-corrected chi connectivity index (χ4v) is 7.35. The van der Waals surface area contributed by atoms with E-state index < -0.39 is 16.9 Å². The van der Waals surface area contributed by atoms with Crippen molar-refractivity contribution >= 4 is 23.6 Å². The zero-order chi connectivity index (χ0) is 22.7. The van der Waals surface area contributed by atoms with Crippen LogP contribution in [0.4, 0.5) is 0 Å². The number of nitrogens with zero attached hydrogens (tertiary/aromatic N) is 1. The van der Waals surface area contributed by atoms with Crippen molar-refractivity contribution in [1.29, 1.82) is 0 Å². The Kier molecular flexibility index (Phi) is 5.47. The van der Waals surface area contributed by atoms with Gasteiger partial charge in [-0.05, 0) is 81.7 Å². The first-order valence-corrected chi connectivity index (χ1v) is 12.6. The first-order valence-electron chi connectivity index (χ1n) is 11.8. The van der Waals surface area contributed by atoms with E-state index in [2.05, 4.69) is 10.5 Å². The van der Waals surface area contributed by atoms with Crippen LogP contribution in [0.3, 0.4) is 0 Å². The highest BCUT2D eigenvalue weighted by atomic mass is 32.2. The van der Waals surface area contributed by atoms with E-state index in [1.165, 1.54) is 6.42 Å². The number of carbonyl (C=O) groups excluding carboxylic acids is 2. The summed E-state index contributed by atoms with van der Waals surface area (Å²) in [7, 11) is 0. The van der Waals surface area contributed by atoms with Gasteiger partial charge in [-0.2, -0.15) is 0 Å². The molecule has 5 aliphatic carbocycles. The number of aromatic nitrogens is 1. The maximum atomic E-state index is 13.3. The minimum atomic E-state index is -0.861. The second kappa shape index (κ2) is 7.94. The predicted molar refractivity (Wildman–Crippen MR) is 118 cm³/mol. The molecular formula is C23H33N3O5S. The van der Waals surface area contributed by atoms with Crippen LogP contribution in [-0.4, -0.2) is 45.6 Å². The van der Waals surface area contributed by atoms with Crippen molar-refractivity contribution in [1.82, 2.24) is 10.5 Å². The number of hydrogen-bond donors (Lipinski definition) is 3. The smallest absolute Gasteiger partial charge is 0.291 e. The second-order valence-electron chi connectivity index (χ2n) is 11.0. The molecule has 1 aromatic rings. The van der Waals surface area contributed by atoms with Crippen LogP contribution in [0, 0.1) is 23.2 Å². The van der Waals surface area contributed by atoms with Crippen LogP contribution in [0.15, 0.2) is 9.42 Å². The van der Waals surface area contributed by atoms with Gasteiger partial charge in [0.25, 0.3) is 11.8 Å². The molecule has 8 nitrogen and oxygen atoms in total. The molecule has 1 aromatic heterocycles. The van der Waals surface area contributed by atoms with Gasteiger partial charge in [-0.3, -0.25) is 9.59 Å². The van der Waals surface area contributed by atoms with Gasteiger partial charge < -0.3 is 25.4 Å². The highest BCUT2D eigenvalue weighted by Gasteiger charge is 2.55. The summed E-state index contributed by atoms with van der Waals surface area (Å²) in [5, 5.41) is 18.5. The van der Waals surface area contributed by atoms with Gasteiger partial charge in [-0.1, -0.05) is 6.42 Å². The maximum Gasteiger partial charge on any atom is 0.291 e. The van der Waals surface area contributed by atoms with Crippen LogP contribution in [0.5, 0.6) is 5.88 Å². The van der Waals surface area contributed by atoms with E-state index in [9.17, 15) is 14.7 Å². The van der Waals surface area contributed by atoms with Crippen molar-refractivity contribution in [2.24, 2.45) is 28.9 Å². The summed E-state index contributed by atoms with van der Waals surface area (Å²) in [6.07, 6.45) is 7.91. The number of aliphatic hydroxyl groups is 1. The van der Waals surface area contributed by atoms with Crippen LogP contribution in [0.25, 0.3) is 0 Å². The van der Waals surface area contributed by atoms with Crippen molar-refractivity contribution < 1.29 is 24.0 Å². The number of carbonyl (C=O) groups is 2. The summed E-state index contributed by atoms with van der Waals surface area (Å²) in [4.78, 5) is 25.6. The lowest BCUT2D eigenvalue weighted by Gasteiger charge is -2.58. The van der Waals surface area contributed by atoms with E-state index in [0.717, 1.165) is 44.9 Å². The zero-order valence-electron chi connectivity index (χ0n) is 18.8. The molecule has 5 aliphatic rings. The largest absolute Gasteiger partial charge is 0.474 e. The van der Waals surface area contributed by atoms with Gasteiger partial charge >= 0.3 is 0 Å². The number of thioether (sulfide) groups is 1. The standard InChI is InChI=1S/C23H33N3O5S/c1-22(2,21(24)28)11-30-20-18(32-15-4-3-5-15)17(31-26-20)19(27)25-16-13-6-12-7-14(16)10-23(29,8-12)9-13/h12-16,29H,3-11H2,1-2H3,(H2,24,28)(H,25,27)/t12?,13?,14?,16-,23-. The predicted octanol–water partition coefficient (Wildman–Crippen LogP) is 2.88. The molecule has 32 heavy (non-hydrogen) atoms. The third-order valence-electron chi connectivity index (χ3n) is 7.94. The molecule has 0 saturated heterocycles. The molecule has 2 amide bonds. The van der Waals surface area contributed by atoms with Gasteiger partial charge in [0, 0.05) is 11.3 Å². The zero-order valence-corrected chi connectivity index (χ0v) is 19.6. The van der Waals surface area contributed by atoms with Crippen molar-refractivity contribution in [3.8, 4) is 5.88 Å². The van der Waals surface area contributed by atoms with Crippen LogP contribution >= 0.6 is 11.8 Å². The number of rotatable bonds is 8. The summed E-state index contributed by atoms with van der Waals surface area (Å²) in [6, 6.07) is 0.0594. The lowest BCUT2D eigenvalue weighted by Crippen LogP contribution is -2.61. The maximum absolute atomic E-state index is 13.3. The van der Waals surface area contributed by atoms with E-state index in [1.54, 1.807) is 25.6 Å². The molecule has 4 bridgehead atoms. The van der Waals surface area contributed by atoms with E-state index in [-0.39, 0.29) is 30.2 Å². The third kappa shape index (κ3) is 4.02. The summed E-state index contributed by atoms with van der Waals surface area (Å²) < 4.78 is 11.3. The van der Waals surface area contributed by atoms with Gasteiger partial charge in [-0.15, -0.1) is 11.8 Å². The topological polar surface area (TPSA) is 128 Å². The molecule has 0 spiro atoms. The van der Waals surface area contributed by atoms with Crippen molar-refractivity contribution in [3.05, 3.63) is 5.76 Å². The summed E-state index contributed by atoms with van der Waals surface area (Å²) in [5.41, 5.74) is 4.06. The van der Waals surface area contributed by atoms with E-state index in [0.29, 0.717) is 27.9 Å². The molecule has 2 atom stereocenters. The van der Waals surface area contributed by atoms with Crippen molar-refractivity contribution in [3.63, 3.8) is 0 Å². The summed E-state index contributed by atoms with van der Waals surface area (Å²) >= 11 is 1.57. The Hall–Kier alpha value is -1.74. The highest BCUT2D eigenvalue weighted by molar-refractivity contribution is 8.00. The molecule has 0 aliphatic heterocycles. The van der Waals surface area contributed by atoms with Crippen LogP contribution < -0.4 is 15.8 Å². The summed E-state index contributed by atoms with van der Waals surface area (Å²) in [5.74, 6) is 0.903. The Balaban J connectivity index is 1.32. The molecule has 1 heterocycles. The minimum Gasteiger partial charge on any atom is -0.474 e. The first kappa shape index (κ1) is 22.1. The van der Waals surface area contributed by atoms with E-state index >= 15 is 0 Å². The van der Waals surface area contributed by atoms with Crippen LogP contribution in [0.1, 0.15) is 75.8 Å². The molecule has 5 fully saturated rings. The van der Waals surface area contributed by atoms with E-state index in [1.807, 2.05) is 0 Å². The second-order valence-corrected chi connectivity index (χ2v) is 12.4. The summed E-state index contributed by atoms with van der Waals surface area (Å²) in [6.45, 7) is 3.48. The first-order chi connectivity index (χ1) is 15.1. The van der Waals surface area contributed by atoms with Gasteiger partial charge in [0.2, 0.25) is 11.7 Å². The highest BCUT2D eigenvalue weighted by Crippen LogP contribution is 2.55. The number of nitrogens with two attached hydrogens (primary N) is 1. The van der Waals surface area contributed by atoms with Crippen LogP contribution in [0.2, 0.25) is 0 Å². The van der Waals surface area contributed by atoms with Crippen LogP contribution in [-0.2, 0) is 4.79 Å². The van der Waals surface area contributed by atoms with Gasteiger partial charge in [0.15, 0.2) is 0 Å². The van der Waals surface area contributed by atoms with Gasteiger partial charge in [0.05, 0.1) is 11.0 Å². The normalized spacial score (nSPS) is 33.7. The monoisotopic (exact) mass is 463 g/mol.